The van der Waals surface area contributed by atoms with Crippen LogP contribution in [-0.4, -0.2) is 70.4 Å². The van der Waals surface area contributed by atoms with Crippen LogP contribution in [0.2, 0.25) is 0 Å². The number of fused-ring (bicyclic) bond motifs is 1. The number of aromatic nitrogens is 2. The fraction of sp³-hybridized carbons (Fsp3) is 0.286. The first kappa shape index (κ1) is 27.2. The summed E-state index contributed by atoms with van der Waals surface area (Å²) in [6.07, 6.45) is 3.66. The van der Waals surface area contributed by atoms with E-state index in [0.29, 0.717) is 23.5 Å². The second-order valence-electron chi connectivity index (χ2n) is 7.76. The summed E-state index contributed by atoms with van der Waals surface area (Å²) in [5, 5.41) is 6.43. The van der Waals surface area contributed by atoms with Crippen LogP contribution in [0.4, 0.5) is 9.93 Å². The van der Waals surface area contributed by atoms with Crippen molar-refractivity contribution >= 4 is 69.5 Å². The molecule has 0 radical (unpaired) electrons. The summed E-state index contributed by atoms with van der Waals surface area (Å²) in [4.78, 5) is 65.5. The van der Waals surface area contributed by atoms with Crippen molar-refractivity contribution in [1.82, 2.24) is 15.4 Å². The Morgan fingerprint density at radius 1 is 1.37 bits per heavy atom. The SMILES string of the molecule is CO/N=C(\C(=O)NOC(=O)C1=C(CSc2cc[n+](N(C)C(N)=O)cc2)CS[C@H]2CC(=O)N12)c1csc(N)n1. The molecule has 0 aromatic carbocycles. The van der Waals surface area contributed by atoms with Crippen LogP contribution in [0.3, 0.4) is 0 Å². The maximum atomic E-state index is 13.1. The number of oxime groups is 1. The number of hydroxylamine groups is 1. The molecule has 1 saturated heterocycles. The molecule has 2 aliphatic rings. The molecule has 0 unspecified atom stereocenters. The van der Waals surface area contributed by atoms with Gasteiger partial charge in [-0.1, -0.05) is 14.8 Å². The van der Waals surface area contributed by atoms with Gasteiger partial charge in [-0.15, -0.1) is 34.9 Å². The molecular formula is C21H23N8O6S3+. The second-order valence-corrected chi connectivity index (χ2v) is 10.9. The fourth-order valence-corrected chi connectivity index (χ4v) is 6.28. The van der Waals surface area contributed by atoms with Gasteiger partial charge in [0.25, 0.3) is 0 Å². The molecule has 4 amide bonds. The van der Waals surface area contributed by atoms with E-state index >= 15 is 0 Å². The number of rotatable bonds is 8. The molecule has 17 heteroatoms. The topological polar surface area (TPSA) is 186 Å². The molecule has 14 nitrogen and oxygen atoms in total. The number of β-lactam (4-membered cyclic amide) rings is 1. The van der Waals surface area contributed by atoms with Crippen molar-refractivity contribution in [3.05, 3.63) is 46.9 Å². The lowest BCUT2D eigenvalue weighted by molar-refractivity contribution is -0.679. The first-order valence-corrected chi connectivity index (χ1v) is 13.8. The van der Waals surface area contributed by atoms with E-state index in [4.69, 9.17) is 21.1 Å². The summed E-state index contributed by atoms with van der Waals surface area (Å²) in [6, 6.07) is 2.97. The molecule has 38 heavy (non-hydrogen) atoms. The molecule has 2 aromatic heterocycles. The number of pyridine rings is 1. The number of thioether (sulfide) groups is 2. The zero-order valence-corrected chi connectivity index (χ0v) is 22.6. The number of nitrogens with one attached hydrogen (secondary N) is 1. The Hall–Kier alpha value is -3.83. The molecule has 0 saturated carbocycles. The monoisotopic (exact) mass is 579 g/mol. The number of anilines is 1. The standard InChI is InChI=1S/C21H22N8O6S3/c1-27(21(23)33)28-5-3-12(4-6-28)36-8-11-9-37-15-7-14(30)29(15)17(11)19(32)35-26-18(31)16(25-34-2)13-10-38-20(22)24-13/h3-6,10,15H,7-9H2,1-2H3,(H4-,22,23,24,26,31,33)/p+1/b25-16-/t15-/m0/s1. The van der Waals surface area contributed by atoms with Gasteiger partial charge in [0, 0.05) is 33.9 Å². The van der Waals surface area contributed by atoms with Gasteiger partial charge in [0.05, 0.1) is 18.8 Å². The van der Waals surface area contributed by atoms with E-state index in [1.54, 1.807) is 36.3 Å². The average molecular weight is 580 g/mol. The van der Waals surface area contributed by atoms with E-state index in [1.807, 2.05) is 0 Å². The number of thiazole rings is 1. The quantitative estimate of drug-likeness (QED) is 0.126. The predicted molar refractivity (Wildman–Crippen MR) is 140 cm³/mol. The summed E-state index contributed by atoms with van der Waals surface area (Å²) in [5.41, 5.74) is 13.7. The zero-order valence-electron chi connectivity index (χ0n) is 20.2. The van der Waals surface area contributed by atoms with Crippen LogP contribution in [-0.2, 0) is 24.1 Å². The third-order valence-electron chi connectivity index (χ3n) is 5.39. The molecular weight excluding hydrogens is 556 g/mol. The summed E-state index contributed by atoms with van der Waals surface area (Å²) in [6.45, 7) is 0. The van der Waals surface area contributed by atoms with Gasteiger partial charge in [-0.3, -0.25) is 14.5 Å². The smallest absolute Gasteiger partial charge is 0.379 e. The number of urea groups is 1. The lowest BCUT2D eigenvalue weighted by Gasteiger charge is -2.44. The zero-order chi connectivity index (χ0) is 27.4. The number of nitrogens with zero attached hydrogens (tertiary/aromatic N) is 5. The molecule has 2 aliphatic heterocycles. The van der Waals surface area contributed by atoms with Crippen molar-refractivity contribution in [3.8, 4) is 0 Å². The van der Waals surface area contributed by atoms with Gasteiger partial charge < -0.3 is 21.1 Å². The van der Waals surface area contributed by atoms with Crippen LogP contribution in [0.5, 0.6) is 0 Å². The summed E-state index contributed by atoms with van der Waals surface area (Å²) < 4.78 is 1.53. The summed E-state index contributed by atoms with van der Waals surface area (Å²) >= 11 is 4.08. The first-order chi connectivity index (χ1) is 18.2. The van der Waals surface area contributed by atoms with Gasteiger partial charge >= 0.3 is 17.9 Å². The molecule has 4 rings (SSSR count). The van der Waals surface area contributed by atoms with Crippen molar-refractivity contribution in [3.63, 3.8) is 0 Å². The second kappa shape index (κ2) is 11.7. The molecule has 1 fully saturated rings. The highest BCUT2D eigenvalue weighted by molar-refractivity contribution is 8.01. The lowest BCUT2D eigenvalue weighted by atomic mass is 10.1. The van der Waals surface area contributed by atoms with E-state index in [1.165, 1.54) is 45.9 Å². The molecule has 0 bridgehead atoms. The maximum absolute atomic E-state index is 13.1. The minimum absolute atomic E-state index is 0.0976. The Labute approximate surface area is 228 Å². The summed E-state index contributed by atoms with van der Waals surface area (Å²) in [5.74, 6) is -1.08. The Balaban J connectivity index is 1.47. The van der Waals surface area contributed by atoms with Crippen LogP contribution >= 0.6 is 34.9 Å². The number of carbonyl (C=O) groups is 4. The normalized spacial score (nSPS) is 16.9. The largest absolute Gasteiger partial charge is 0.398 e. The van der Waals surface area contributed by atoms with Crippen molar-refractivity contribution in [2.45, 2.75) is 16.7 Å². The predicted octanol–water partition coefficient (Wildman–Crippen LogP) is -0.0642. The fourth-order valence-electron chi connectivity index (χ4n) is 3.44. The van der Waals surface area contributed by atoms with Gasteiger partial charge in [0.2, 0.25) is 18.3 Å². The number of nitrogens with two attached hydrogens (primary N) is 2. The summed E-state index contributed by atoms with van der Waals surface area (Å²) in [7, 11) is 2.79. The average Bonchev–Trinajstić information content (AvgIpc) is 3.33. The van der Waals surface area contributed by atoms with E-state index in [9.17, 15) is 19.2 Å². The highest BCUT2D eigenvalue weighted by Gasteiger charge is 2.46. The number of hydrogen-bond acceptors (Lipinski definition) is 12. The third-order valence-corrected chi connectivity index (χ3v) is 8.43. The molecule has 0 aliphatic carbocycles. The van der Waals surface area contributed by atoms with Crippen LogP contribution in [0.1, 0.15) is 12.1 Å². The molecule has 1 atom stereocenters. The Morgan fingerprint density at radius 3 is 2.71 bits per heavy atom. The molecule has 2 aromatic rings. The van der Waals surface area contributed by atoms with Crippen molar-refractivity contribution in [1.29, 1.82) is 0 Å². The minimum atomic E-state index is -0.879. The van der Waals surface area contributed by atoms with Gasteiger partial charge in [0.1, 0.15) is 18.5 Å². The van der Waals surface area contributed by atoms with Crippen LogP contribution < -0.4 is 26.6 Å². The molecule has 0 spiro atoms. The van der Waals surface area contributed by atoms with Crippen molar-refractivity contribution < 1.29 is 33.5 Å². The van der Waals surface area contributed by atoms with E-state index < -0.39 is 17.9 Å². The molecule has 4 heterocycles. The van der Waals surface area contributed by atoms with E-state index in [-0.39, 0.29) is 33.5 Å². The highest BCUT2D eigenvalue weighted by Crippen LogP contribution is 2.41. The Kier molecular flexibility index (Phi) is 8.38. The number of nitrogen functional groups attached to an aromatic ring is 1. The lowest BCUT2D eigenvalue weighted by Crippen LogP contribution is -2.59. The van der Waals surface area contributed by atoms with Crippen LogP contribution in [0.15, 0.2) is 51.2 Å². The van der Waals surface area contributed by atoms with Gasteiger partial charge in [-0.2, -0.15) is 5.48 Å². The number of primary amides is 1. The molecule has 5 N–H and O–H groups in total. The Morgan fingerprint density at radius 2 is 2.11 bits per heavy atom. The first-order valence-electron chi connectivity index (χ1n) is 10.9. The van der Waals surface area contributed by atoms with Gasteiger partial charge in [0.15, 0.2) is 10.8 Å². The van der Waals surface area contributed by atoms with Crippen molar-refractivity contribution in [2.24, 2.45) is 10.9 Å². The van der Waals surface area contributed by atoms with E-state index in [0.717, 1.165) is 16.2 Å². The van der Waals surface area contributed by atoms with Crippen molar-refractivity contribution in [2.75, 3.05) is 36.4 Å². The third kappa shape index (κ3) is 5.84. The minimum Gasteiger partial charge on any atom is -0.398 e. The van der Waals surface area contributed by atoms with Gasteiger partial charge in [-0.25, -0.2) is 14.6 Å². The Bertz CT molecular complexity index is 1330. The van der Waals surface area contributed by atoms with Gasteiger partial charge in [-0.05, 0) is 5.57 Å². The number of carbonyl (C=O) groups excluding carboxylic acids is 4. The number of amides is 4. The maximum Gasteiger partial charge on any atom is 0.379 e. The van der Waals surface area contributed by atoms with E-state index in [2.05, 4.69) is 15.6 Å². The molecule has 200 valence electrons. The number of hydrogen-bond donors (Lipinski definition) is 3. The van der Waals surface area contributed by atoms with Crippen LogP contribution in [0, 0.1) is 0 Å². The van der Waals surface area contributed by atoms with Crippen LogP contribution in [0.25, 0.3) is 0 Å². The highest BCUT2D eigenvalue weighted by atomic mass is 32.2.